The molecule has 3 N–H and O–H groups in total. The van der Waals surface area contributed by atoms with Gasteiger partial charge in [-0.1, -0.05) is 12.1 Å². The maximum atomic E-state index is 13.6. The number of para-hydroxylation sites is 1. The predicted molar refractivity (Wildman–Crippen MR) is 74.8 cm³/mol. The van der Waals surface area contributed by atoms with Crippen molar-refractivity contribution in [1.82, 2.24) is 0 Å². The average Bonchev–Trinajstić information content (AvgIpc) is 2.48. The SMILES string of the molecule is NCc1cccc(F)c1OCC(=O)Nc1ccc(F)cc1. The molecule has 0 aliphatic carbocycles. The van der Waals surface area contributed by atoms with Crippen molar-refractivity contribution in [3.05, 3.63) is 59.7 Å². The molecule has 2 rings (SSSR count). The molecule has 0 saturated carbocycles. The Hall–Kier alpha value is -2.47. The number of hydrogen-bond acceptors (Lipinski definition) is 3. The second-order valence-corrected chi connectivity index (χ2v) is 4.28. The number of ether oxygens (including phenoxy) is 1. The van der Waals surface area contributed by atoms with Crippen LogP contribution in [0.25, 0.3) is 0 Å². The van der Waals surface area contributed by atoms with E-state index < -0.39 is 17.5 Å². The molecule has 0 fully saturated rings. The van der Waals surface area contributed by atoms with Crippen LogP contribution in [-0.4, -0.2) is 12.5 Å². The van der Waals surface area contributed by atoms with Crippen LogP contribution in [0.1, 0.15) is 5.56 Å². The molecule has 0 unspecified atom stereocenters. The van der Waals surface area contributed by atoms with Gasteiger partial charge in [0.1, 0.15) is 5.82 Å². The second kappa shape index (κ2) is 6.81. The average molecular weight is 292 g/mol. The Morgan fingerprint density at radius 3 is 2.52 bits per heavy atom. The lowest BCUT2D eigenvalue weighted by Gasteiger charge is -2.11. The third-order valence-electron chi connectivity index (χ3n) is 2.74. The topological polar surface area (TPSA) is 64.3 Å². The highest BCUT2D eigenvalue weighted by molar-refractivity contribution is 5.91. The highest BCUT2D eigenvalue weighted by Crippen LogP contribution is 2.22. The van der Waals surface area contributed by atoms with E-state index in [2.05, 4.69) is 5.32 Å². The van der Waals surface area contributed by atoms with Crippen molar-refractivity contribution < 1.29 is 18.3 Å². The minimum atomic E-state index is -0.576. The maximum Gasteiger partial charge on any atom is 0.262 e. The first-order valence-electron chi connectivity index (χ1n) is 6.26. The number of nitrogens with one attached hydrogen (secondary N) is 1. The van der Waals surface area contributed by atoms with Gasteiger partial charge in [-0.3, -0.25) is 4.79 Å². The lowest BCUT2D eigenvalue weighted by atomic mass is 10.2. The van der Waals surface area contributed by atoms with Gasteiger partial charge in [0.05, 0.1) is 0 Å². The number of benzene rings is 2. The number of carbonyl (C=O) groups is 1. The number of rotatable bonds is 5. The van der Waals surface area contributed by atoms with E-state index in [0.717, 1.165) is 0 Å². The third kappa shape index (κ3) is 4.00. The van der Waals surface area contributed by atoms with Crippen LogP contribution in [0.3, 0.4) is 0 Å². The van der Waals surface area contributed by atoms with E-state index in [4.69, 9.17) is 10.5 Å². The Morgan fingerprint density at radius 1 is 1.14 bits per heavy atom. The first-order chi connectivity index (χ1) is 10.1. The van der Waals surface area contributed by atoms with Crippen LogP contribution < -0.4 is 15.8 Å². The standard InChI is InChI=1S/C15H14F2N2O2/c16-11-4-6-12(7-5-11)19-14(20)9-21-15-10(8-18)2-1-3-13(15)17/h1-7H,8-9,18H2,(H,19,20). The summed E-state index contributed by atoms with van der Waals surface area (Å²) in [6.45, 7) is -0.266. The van der Waals surface area contributed by atoms with Gasteiger partial charge in [0.15, 0.2) is 18.2 Å². The first-order valence-corrected chi connectivity index (χ1v) is 6.26. The highest BCUT2D eigenvalue weighted by Gasteiger charge is 2.11. The molecule has 0 aromatic heterocycles. The van der Waals surface area contributed by atoms with Gasteiger partial charge in [-0.15, -0.1) is 0 Å². The Bertz CT molecular complexity index is 630. The summed E-state index contributed by atoms with van der Waals surface area (Å²) < 4.78 is 31.5. The molecule has 0 radical (unpaired) electrons. The predicted octanol–water partition coefficient (Wildman–Crippen LogP) is 2.44. The summed E-state index contributed by atoms with van der Waals surface area (Å²) in [7, 11) is 0. The Kier molecular flexibility index (Phi) is 4.84. The monoisotopic (exact) mass is 292 g/mol. The van der Waals surface area contributed by atoms with Gasteiger partial charge in [0.25, 0.3) is 5.91 Å². The number of amides is 1. The van der Waals surface area contributed by atoms with Gasteiger partial charge >= 0.3 is 0 Å². The summed E-state index contributed by atoms with van der Waals surface area (Å²) in [6, 6.07) is 9.65. The minimum Gasteiger partial charge on any atom is -0.480 e. The van der Waals surface area contributed by atoms with Crippen molar-refractivity contribution in [2.75, 3.05) is 11.9 Å². The normalized spacial score (nSPS) is 10.2. The summed E-state index contributed by atoms with van der Waals surface area (Å²) in [5.74, 6) is -1.49. The molecular weight excluding hydrogens is 278 g/mol. The minimum absolute atomic E-state index is 0.0331. The Balaban J connectivity index is 1.97. The summed E-state index contributed by atoms with van der Waals surface area (Å²) in [5, 5.41) is 2.51. The van der Waals surface area contributed by atoms with Gasteiger partial charge in [0, 0.05) is 17.8 Å². The van der Waals surface area contributed by atoms with E-state index >= 15 is 0 Å². The molecule has 1 amide bonds. The van der Waals surface area contributed by atoms with E-state index in [1.807, 2.05) is 0 Å². The summed E-state index contributed by atoms with van der Waals surface area (Å²) in [4.78, 5) is 11.7. The van der Waals surface area contributed by atoms with Crippen LogP contribution in [0.2, 0.25) is 0 Å². The van der Waals surface area contributed by atoms with Gasteiger partial charge < -0.3 is 15.8 Å². The fourth-order valence-corrected chi connectivity index (χ4v) is 1.74. The molecular formula is C15H14F2N2O2. The second-order valence-electron chi connectivity index (χ2n) is 4.28. The highest BCUT2D eigenvalue weighted by atomic mass is 19.1. The molecule has 0 saturated heterocycles. The van der Waals surface area contributed by atoms with Crippen LogP contribution in [0.15, 0.2) is 42.5 Å². The van der Waals surface area contributed by atoms with Crippen LogP contribution in [0, 0.1) is 11.6 Å². The molecule has 0 heterocycles. The van der Waals surface area contributed by atoms with Gasteiger partial charge in [-0.2, -0.15) is 0 Å². The molecule has 0 atom stereocenters. The van der Waals surface area contributed by atoms with E-state index in [0.29, 0.717) is 11.3 Å². The third-order valence-corrected chi connectivity index (χ3v) is 2.74. The van der Waals surface area contributed by atoms with Crippen molar-refractivity contribution in [3.63, 3.8) is 0 Å². The zero-order valence-electron chi connectivity index (χ0n) is 11.1. The summed E-state index contributed by atoms with van der Waals surface area (Å²) in [5.41, 5.74) is 6.39. The molecule has 0 aliphatic heterocycles. The maximum absolute atomic E-state index is 13.6. The lowest BCUT2D eigenvalue weighted by Crippen LogP contribution is -2.21. The van der Waals surface area contributed by atoms with Crippen molar-refractivity contribution in [2.45, 2.75) is 6.54 Å². The number of hydrogen-bond donors (Lipinski definition) is 2. The smallest absolute Gasteiger partial charge is 0.262 e. The van der Waals surface area contributed by atoms with E-state index in [1.165, 1.54) is 36.4 Å². The summed E-state index contributed by atoms with van der Waals surface area (Å²) in [6.07, 6.45) is 0. The fourth-order valence-electron chi connectivity index (χ4n) is 1.74. The fraction of sp³-hybridized carbons (Fsp3) is 0.133. The molecule has 0 spiro atoms. The van der Waals surface area contributed by atoms with Gasteiger partial charge in [-0.25, -0.2) is 8.78 Å². The largest absolute Gasteiger partial charge is 0.480 e. The quantitative estimate of drug-likeness (QED) is 0.889. The van der Waals surface area contributed by atoms with Crippen molar-refractivity contribution in [1.29, 1.82) is 0 Å². The molecule has 6 heteroatoms. The lowest BCUT2D eigenvalue weighted by molar-refractivity contribution is -0.118. The molecule has 21 heavy (non-hydrogen) atoms. The summed E-state index contributed by atoms with van der Waals surface area (Å²) >= 11 is 0. The Morgan fingerprint density at radius 2 is 1.86 bits per heavy atom. The van der Waals surface area contributed by atoms with E-state index in [1.54, 1.807) is 6.07 Å². The molecule has 4 nitrogen and oxygen atoms in total. The number of nitrogens with two attached hydrogens (primary N) is 1. The molecule has 110 valence electrons. The van der Waals surface area contributed by atoms with Crippen molar-refractivity contribution in [3.8, 4) is 5.75 Å². The van der Waals surface area contributed by atoms with Crippen molar-refractivity contribution >= 4 is 11.6 Å². The zero-order chi connectivity index (χ0) is 15.2. The molecule has 2 aromatic carbocycles. The zero-order valence-corrected chi connectivity index (χ0v) is 11.1. The van der Waals surface area contributed by atoms with Crippen LogP contribution in [-0.2, 0) is 11.3 Å². The Labute approximate surface area is 120 Å². The molecule has 2 aromatic rings. The van der Waals surface area contributed by atoms with Crippen LogP contribution in [0.5, 0.6) is 5.75 Å². The van der Waals surface area contributed by atoms with Crippen LogP contribution >= 0.6 is 0 Å². The van der Waals surface area contributed by atoms with Crippen LogP contribution in [0.4, 0.5) is 14.5 Å². The van der Waals surface area contributed by atoms with E-state index in [-0.39, 0.29) is 18.9 Å². The molecule has 0 aliphatic rings. The van der Waals surface area contributed by atoms with Gasteiger partial charge in [0.2, 0.25) is 0 Å². The van der Waals surface area contributed by atoms with E-state index in [9.17, 15) is 13.6 Å². The first kappa shape index (κ1) is 14.9. The number of anilines is 1. The van der Waals surface area contributed by atoms with Gasteiger partial charge in [-0.05, 0) is 30.3 Å². The van der Waals surface area contributed by atoms with Crippen molar-refractivity contribution in [2.24, 2.45) is 5.73 Å². The number of carbonyl (C=O) groups excluding carboxylic acids is 1. The molecule has 0 bridgehead atoms. The number of halogens is 2.